The van der Waals surface area contributed by atoms with Gasteiger partial charge in [0.1, 0.15) is 0 Å². The molecule has 0 amide bonds. The summed E-state index contributed by atoms with van der Waals surface area (Å²) in [5.74, 6) is 0. The summed E-state index contributed by atoms with van der Waals surface area (Å²) in [7, 11) is 0. The van der Waals surface area contributed by atoms with Gasteiger partial charge in [-0.05, 0) is 0 Å². The first kappa shape index (κ1) is 15.9. The average Bonchev–Trinajstić information content (AvgIpc) is 1.61. The molecule has 0 atom stereocenters. The third kappa shape index (κ3) is 15.8. The van der Waals surface area contributed by atoms with Crippen LogP contribution in [0.5, 0.6) is 0 Å². The minimum absolute atomic E-state index is 0. The molecule has 0 aliphatic rings. The van der Waals surface area contributed by atoms with E-state index in [9.17, 15) is 0 Å². The Kier molecular flexibility index (Phi) is 31.2. The van der Waals surface area contributed by atoms with E-state index in [-0.39, 0.29) is 40.0 Å². The molecule has 0 aromatic heterocycles. The second-order valence-corrected chi connectivity index (χ2v) is 1.26. The van der Waals surface area contributed by atoms with Crippen molar-refractivity contribution in [2.45, 2.75) is 19.8 Å². The number of hydrogen-bond donors (Lipinski definition) is 0. The quantitative estimate of drug-likeness (QED) is 0.376. The Morgan fingerprint density at radius 2 is 2.00 bits per heavy atom. The second kappa shape index (κ2) is 15.7. The van der Waals surface area contributed by atoms with Crippen LogP contribution in [-0.2, 0) is 0 Å². The Labute approximate surface area is 78.7 Å². The fourth-order valence-electron chi connectivity index (χ4n) is 0.285. The van der Waals surface area contributed by atoms with Gasteiger partial charge in [-0.2, -0.15) is 0 Å². The average molecular weight is 187 g/mol. The predicted octanol–water partition coefficient (Wildman–Crippen LogP) is -1.20. The Balaban J connectivity index is -0.000000125. The number of unbranched alkanes of at least 4 members (excludes halogenated alkanes) is 1. The van der Waals surface area contributed by atoms with E-state index in [1.807, 2.05) is 6.08 Å². The standard InChI is InChI=1S/C6H11.BrH.Mg/c1-3-5-6-4-2;;/h3,5H,1,4,6H2,2H3;1H;/q-1;;+2/p-1/b5-3+;;. The first-order valence-corrected chi connectivity index (χ1v) is 2.36. The van der Waals surface area contributed by atoms with Crippen molar-refractivity contribution in [1.82, 2.24) is 0 Å². The molecule has 0 saturated heterocycles. The van der Waals surface area contributed by atoms with E-state index in [0.29, 0.717) is 0 Å². The molecular weight excluding hydrogens is 176 g/mol. The van der Waals surface area contributed by atoms with Gasteiger partial charge in [0.2, 0.25) is 0 Å². The van der Waals surface area contributed by atoms with Gasteiger partial charge in [-0.1, -0.05) is 13.3 Å². The molecule has 44 valence electrons. The summed E-state index contributed by atoms with van der Waals surface area (Å²) in [4.78, 5) is 0. The Hall–Kier alpha value is 0.856. The molecule has 0 spiro atoms. The SMILES string of the molecule is [Br-].[CH2-]/C=C/CCC.[Mg+2]. The molecule has 0 aliphatic carbocycles. The van der Waals surface area contributed by atoms with Crippen molar-refractivity contribution in [2.75, 3.05) is 0 Å². The summed E-state index contributed by atoms with van der Waals surface area (Å²) in [5, 5.41) is 0. The fourth-order valence-corrected chi connectivity index (χ4v) is 0.285. The van der Waals surface area contributed by atoms with Gasteiger partial charge in [-0.3, -0.25) is 0 Å². The molecular formula is C6H11BrMg. The Morgan fingerprint density at radius 3 is 2.12 bits per heavy atom. The van der Waals surface area contributed by atoms with E-state index in [0.717, 1.165) is 0 Å². The monoisotopic (exact) mass is 186 g/mol. The molecule has 0 aromatic carbocycles. The third-order valence-electron chi connectivity index (χ3n) is 0.622. The summed E-state index contributed by atoms with van der Waals surface area (Å²) in [6.07, 6.45) is 6.30. The van der Waals surface area contributed by atoms with Crippen LogP contribution in [0.2, 0.25) is 0 Å². The van der Waals surface area contributed by atoms with E-state index in [2.05, 4.69) is 19.9 Å². The summed E-state index contributed by atoms with van der Waals surface area (Å²) in [5.41, 5.74) is 0. The van der Waals surface area contributed by atoms with Crippen molar-refractivity contribution < 1.29 is 17.0 Å². The molecule has 0 saturated carbocycles. The first-order chi connectivity index (χ1) is 2.91. The van der Waals surface area contributed by atoms with Gasteiger partial charge in [0.05, 0.1) is 0 Å². The van der Waals surface area contributed by atoms with Crippen LogP contribution in [0, 0.1) is 6.92 Å². The van der Waals surface area contributed by atoms with Gasteiger partial charge < -0.3 is 17.0 Å². The zero-order valence-electron chi connectivity index (χ0n) is 5.36. The molecule has 0 aliphatic heterocycles. The van der Waals surface area contributed by atoms with Crippen molar-refractivity contribution in [3.05, 3.63) is 19.1 Å². The Morgan fingerprint density at radius 1 is 1.50 bits per heavy atom. The molecule has 0 unspecified atom stereocenters. The van der Waals surface area contributed by atoms with Gasteiger partial charge in [0.25, 0.3) is 0 Å². The van der Waals surface area contributed by atoms with Crippen LogP contribution >= 0.6 is 0 Å². The molecule has 0 nitrogen and oxygen atoms in total. The molecule has 0 heterocycles. The minimum Gasteiger partial charge on any atom is -1.00 e. The van der Waals surface area contributed by atoms with Crippen LogP contribution < -0.4 is 17.0 Å². The second-order valence-electron chi connectivity index (χ2n) is 1.26. The molecule has 0 fully saturated rings. The number of allylic oxidation sites excluding steroid dienone is 2. The molecule has 2 heteroatoms. The van der Waals surface area contributed by atoms with Crippen molar-refractivity contribution in [2.24, 2.45) is 0 Å². The van der Waals surface area contributed by atoms with Crippen LogP contribution in [0.3, 0.4) is 0 Å². The van der Waals surface area contributed by atoms with Crippen LogP contribution in [0.4, 0.5) is 0 Å². The largest absolute Gasteiger partial charge is 2.00 e. The zero-order valence-corrected chi connectivity index (χ0v) is 8.36. The van der Waals surface area contributed by atoms with E-state index in [1.165, 1.54) is 12.8 Å². The summed E-state index contributed by atoms with van der Waals surface area (Å²) < 4.78 is 0. The molecule has 0 rings (SSSR count). The maximum absolute atomic E-state index is 3.54. The number of rotatable bonds is 2. The van der Waals surface area contributed by atoms with Crippen molar-refractivity contribution >= 4 is 23.1 Å². The zero-order chi connectivity index (χ0) is 4.83. The summed E-state index contributed by atoms with van der Waals surface area (Å²) in [6, 6.07) is 0. The van der Waals surface area contributed by atoms with E-state index >= 15 is 0 Å². The van der Waals surface area contributed by atoms with Crippen molar-refractivity contribution in [1.29, 1.82) is 0 Å². The van der Waals surface area contributed by atoms with E-state index in [1.54, 1.807) is 0 Å². The smallest absolute Gasteiger partial charge is 1.00 e. The number of hydrogen-bond acceptors (Lipinski definition) is 0. The first-order valence-electron chi connectivity index (χ1n) is 2.36. The molecule has 0 radical (unpaired) electrons. The molecule has 0 bridgehead atoms. The summed E-state index contributed by atoms with van der Waals surface area (Å²) in [6.45, 7) is 5.70. The van der Waals surface area contributed by atoms with Crippen LogP contribution in [0.1, 0.15) is 19.8 Å². The maximum atomic E-state index is 3.54. The topological polar surface area (TPSA) is 0 Å². The van der Waals surface area contributed by atoms with Crippen LogP contribution in [0.15, 0.2) is 12.2 Å². The van der Waals surface area contributed by atoms with Gasteiger partial charge in [-0.25, -0.2) is 19.1 Å². The van der Waals surface area contributed by atoms with Gasteiger partial charge >= 0.3 is 23.1 Å². The normalized spacial score (nSPS) is 7.62. The molecule has 8 heavy (non-hydrogen) atoms. The van der Waals surface area contributed by atoms with Crippen LogP contribution in [0.25, 0.3) is 0 Å². The fraction of sp³-hybridized carbons (Fsp3) is 0.500. The van der Waals surface area contributed by atoms with Crippen LogP contribution in [-0.4, -0.2) is 23.1 Å². The maximum Gasteiger partial charge on any atom is 2.00 e. The minimum atomic E-state index is 0. The van der Waals surface area contributed by atoms with Crippen molar-refractivity contribution in [3.8, 4) is 0 Å². The molecule has 0 aromatic rings. The third-order valence-corrected chi connectivity index (χ3v) is 0.622. The summed E-state index contributed by atoms with van der Waals surface area (Å²) >= 11 is 0. The van der Waals surface area contributed by atoms with Crippen molar-refractivity contribution in [3.63, 3.8) is 0 Å². The van der Waals surface area contributed by atoms with E-state index < -0.39 is 0 Å². The van der Waals surface area contributed by atoms with Gasteiger partial charge in [0.15, 0.2) is 0 Å². The molecule has 0 N–H and O–H groups in total. The predicted molar refractivity (Wildman–Crippen MR) is 35.2 cm³/mol. The Bertz CT molecular complexity index is 43.8. The number of halogens is 1. The van der Waals surface area contributed by atoms with Gasteiger partial charge in [-0.15, -0.1) is 6.42 Å². The van der Waals surface area contributed by atoms with E-state index in [4.69, 9.17) is 0 Å². The van der Waals surface area contributed by atoms with Gasteiger partial charge in [0, 0.05) is 0 Å².